The summed E-state index contributed by atoms with van der Waals surface area (Å²) in [6.07, 6.45) is 12.8. The van der Waals surface area contributed by atoms with E-state index in [0.29, 0.717) is 0 Å². The number of hydrogen-bond acceptors (Lipinski definition) is 2. The van der Waals surface area contributed by atoms with Crippen molar-refractivity contribution in [3.8, 4) is 0 Å². The molecule has 2 atom stereocenters. The number of rotatable bonds is 6. The zero-order valence-corrected chi connectivity index (χ0v) is 48.2. The Kier molecular flexibility index (Phi) is 11.7. The molecule has 0 fully saturated rings. The van der Waals surface area contributed by atoms with Crippen molar-refractivity contribution >= 4 is 55.3 Å². The number of allylic oxidation sites excluding steroid dienone is 6. The molecule has 2 aliphatic heterocycles. The molecule has 3 heterocycles. The van der Waals surface area contributed by atoms with E-state index in [1.165, 1.54) is 112 Å². The maximum Gasteiger partial charge on any atom is 0.252 e. The van der Waals surface area contributed by atoms with Gasteiger partial charge < -0.3 is 4.90 Å². The van der Waals surface area contributed by atoms with Crippen LogP contribution in [0.1, 0.15) is 168 Å². The maximum atomic E-state index is 5.27. The summed E-state index contributed by atoms with van der Waals surface area (Å²) >= 11 is 2.05. The topological polar surface area (TPSA) is 3.24 Å². The summed E-state index contributed by atoms with van der Waals surface area (Å²) in [5.74, 6) is 0.116. The SMILES string of the molecule is C=C1Cc2c(ccc3c2C(C)(Cc2c(C)c(C)cc4c2C(C)(C)CCC4(C)C)CCC3(C)C)B2C3=C1C=C(N(c1ccccc1)c1ccccc1)CC3C=C(c1ccc(C(C)(C)C)cc1)c1c2sc2ccc(C)cc12. The highest BCUT2D eigenvalue weighted by Crippen LogP contribution is 2.55. The van der Waals surface area contributed by atoms with Crippen LogP contribution in [0.15, 0.2) is 162 Å². The van der Waals surface area contributed by atoms with Gasteiger partial charge in [0.25, 0.3) is 6.71 Å². The number of benzene rings is 6. The van der Waals surface area contributed by atoms with Crippen molar-refractivity contribution in [3.05, 3.63) is 229 Å². The van der Waals surface area contributed by atoms with Crippen LogP contribution in [0.2, 0.25) is 0 Å². The van der Waals surface area contributed by atoms with Crippen LogP contribution >= 0.6 is 11.3 Å². The van der Waals surface area contributed by atoms with E-state index in [0.717, 1.165) is 25.7 Å². The Morgan fingerprint density at radius 1 is 0.693 bits per heavy atom. The third-order valence-corrected chi connectivity index (χ3v) is 20.5. The van der Waals surface area contributed by atoms with E-state index >= 15 is 0 Å². The number of fused-ring (bicyclic) bond motifs is 9. The Hall–Kier alpha value is -5.90. The second-order valence-electron chi connectivity index (χ2n) is 26.9. The van der Waals surface area contributed by atoms with Crippen molar-refractivity contribution in [3.63, 3.8) is 0 Å². The first kappa shape index (κ1) is 50.0. The highest BCUT2D eigenvalue weighted by molar-refractivity contribution is 7.31. The molecule has 3 aliphatic carbocycles. The Balaban J connectivity index is 1.15. The fourth-order valence-electron chi connectivity index (χ4n) is 14.8. The Morgan fingerprint density at radius 3 is 2.00 bits per heavy atom. The first-order chi connectivity index (χ1) is 35.5. The Morgan fingerprint density at radius 2 is 1.33 bits per heavy atom. The highest BCUT2D eigenvalue weighted by atomic mass is 32.1. The van der Waals surface area contributed by atoms with E-state index in [2.05, 4.69) is 228 Å². The molecular weight excluding hydrogens is 922 g/mol. The maximum absolute atomic E-state index is 5.27. The fraction of sp³-hybridized carbons (Fsp3) is 0.361. The summed E-state index contributed by atoms with van der Waals surface area (Å²) in [5.41, 5.74) is 28.8. The van der Waals surface area contributed by atoms with Crippen LogP contribution in [0, 0.1) is 26.7 Å². The summed E-state index contributed by atoms with van der Waals surface area (Å²) in [6, 6.07) is 46.8. The molecule has 0 radical (unpaired) electrons. The van der Waals surface area contributed by atoms with Gasteiger partial charge in [-0.3, -0.25) is 0 Å². The van der Waals surface area contributed by atoms with Gasteiger partial charge in [0, 0.05) is 27.2 Å². The molecule has 7 aromatic rings. The summed E-state index contributed by atoms with van der Waals surface area (Å²) in [6.45, 7) is 37.2. The largest absolute Gasteiger partial charge is 0.314 e. The fourth-order valence-corrected chi connectivity index (χ4v) is 16.1. The molecule has 0 saturated heterocycles. The highest BCUT2D eigenvalue weighted by Gasteiger charge is 2.49. The number of aryl methyl sites for hydroxylation is 2. The monoisotopic (exact) mass is 1000 g/mol. The minimum absolute atomic E-state index is 0.0338. The number of hydrogen-bond donors (Lipinski definition) is 0. The lowest BCUT2D eigenvalue weighted by Gasteiger charge is -2.48. The third-order valence-electron chi connectivity index (χ3n) is 19.3. The van der Waals surface area contributed by atoms with Gasteiger partial charge in [-0.1, -0.05) is 183 Å². The third kappa shape index (κ3) is 8.15. The Bertz CT molecular complexity index is 3540. The zero-order chi connectivity index (χ0) is 52.7. The minimum atomic E-state index is -0.0911. The Labute approximate surface area is 454 Å². The minimum Gasteiger partial charge on any atom is -0.314 e. The van der Waals surface area contributed by atoms with E-state index in [9.17, 15) is 0 Å². The first-order valence-corrected chi connectivity index (χ1v) is 29.1. The van der Waals surface area contributed by atoms with Crippen LogP contribution in [0.5, 0.6) is 0 Å². The van der Waals surface area contributed by atoms with Gasteiger partial charge in [0.05, 0.1) is 0 Å². The second kappa shape index (κ2) is 17.6. The van der Waals surface area contributed by atoms with Gasteiger partial charge >= 0.3 is 0 Å². The lowest BCUT2D eigenvalue weighted by Crippen LogP contribution is -2.49. The molecular formula is C72H78BNS. The van der Waals surface area contributed by atoms with Crippen molar-refractivity contribution in [1.29, 1.82) is 0 Å². The zero-order valence-electron chi connectivity index (χ0n) is 47.4. The van der Waals surface area contributed by atoms with Crippen molar-refractivity contribution in [2.45, 2.75) is 162 Å². The molecule has 6 aromatic carbocycles. The number of nitrogens with zero attached hydrogens (tertiary/aromatic N) is 1. The van der Waals surface area contributed by atoms with Crippen molar-refractivity contribution in [1.82, 2.24) is 0 Å². The molecule has 0 N–H and O–H groups in total. The van der Waals surface area contributed by atoms with Crippen LogP contribution in [0.3, 0.4) is 0 Å². The van der Waals surface area contributed by atoms with Gasteiger partial charge in [0.15, 0.2) is 0 Å². The van der Waals surface area contributed by atoms with Crippen molar-refractivity contribution in [2.24, 2.45) is 5.92 Å². The predicted molar refractivity (Wildman–Crippen MR) is 326 cm³/mol. The molecule has 1 aromatic heterocycles. The summed E-state index contributed by atoms with van der Waals surface area (Å²) < 4.78 is 2.85. The average Bonchev–Trinajstić information content (AvgIpc) is 3.63. The molecule has 75 heavy (non-hydrogen) atoms. The molecule has 0 saturated carbocycles. The smallest absolute Gasteiger partial charge is 0.252 e. The molecule has 12 rings (SSSR count). The molecule has 0 bridgehead atoms. The van der Waals surface area contributed by atoms with E-state index in [1.54, 1.807) is 33.4 Å². The van der Waals surface area contributed by atoms with Gasteiger partial charge in [-0.2, -0.15) is 0 Å². The van der Waals surface area contributed by atoms with Gasteiger partial charge in [0.2, 0.25) is 0 Å². The van der Waals surface area contributed by atoms with Gasteiger partial charge in [-0.05, 0) is 224 Å². The van der Waals surface area contributed by atoms with Crippen LogP contribution in [0.25, 0.3) is 15.7 Å². The number of para-hydroxylation sites is 2. The summed E-state index contributed by atoms with van der Waals surface area (Å²) in [4.78, 5) is 2.53. The summed E-state index contributed by atoms with van der Waals surface area (Å²) in [7, 11) is 0. The van der Waals surface area contributed by atoms with Gasteiger partial charge in [-0.15, -0.1) is 11.3 Å². The molecule has 5 aliphatic rings. The lowest BCUT2D eigenvalue weighted by molar-refractivity contribution is 0.299. The van der Waals surface area contributed by atoms with Crippen molar-refractivity contribution < 1.29 is 0 Å². The normalized spacial score (nSPS) is 21.2. The quantitative estimate of drug-likeness (QED) is 0.150. The number of anilines is 2. The standard InChI is InChI=1S/C72H78BNS/c1-44-25-32-62-57(37-44)63-55(48-26-28-50(29-27-48)68(5,6)7)41-49-40-53(74(51-21-17-15-18-22-51)52-23-19-16-20-24-52)42-54-46(3)38-56-61(73(66(49)54)67(63)75-62)31-30-59-65(56)72(14,36-35-69(59,8)9)43-58-47(4)45(2)39-60-64(58)71(12,13)34-33-70(60,10)11/h15-32,37,39,41-42,49H,3,33-36,38,40,43H2,1-2,4-14H3. The van der Waals surface area contributed by atoms with E-state index in [4.69, 9.17) is 6.58 Å². The number of thiophene rings is 1. The van der Waals surface area contributed by atoms with Crippen LogP contribution in [0.4, 0.5) is 11.4 Å². The predicted octanol–water partition coefficient (Wildman–Crippen LogP) is 17.8. The summed E-state index contributed by atoms with van der Waals surface area (Å²) in [5, 5.41) is 1.38. The van der Waals surface area contributed by atoms with E-state index < -0.39 is 0 Å². The molecule has 1 nitrogen and oxygen atoms in total. The second-order valence-corrected chi connectivity index (χ2v) is 28.0. The van der Waals surface area contributed by atoms with E-state index in [-0.39, 0.29) is 39.7 Å². The molecule has 0 spiro atoms. The molecule has 2 unspecified atom stereocenters. The van der Waals surface area contributed by atoms with Gasteiger partial charge in [-0.25, -0.2) is 0 Å². The van der Waals surface area contributed by atoms with Crippen LogP contribution < -0.4 is 15.1 Å². The average molecular weight is 1000 g/mol. The lowest BCUT2D eigenvalue weighted by atomic mass is 9.35. The molecule has 3 heteroatoms. The molecule has 380 valence electrons. The van der Waals surface area contributed by atoms with Crippen LogP contribution in [-0.4, -0.2) is 6.71 Å². The van der Waals surface area contributed by atoms with Gasteiger partial charge in [0.1, 0.15) is 0 Å². The van der Waals surface area contributed by atoms with Crippen LogP contribution in [-0.2, 0) is 39.9 Å². The van der Waals surface area contributed by atoms with E-state index in [1.807, 2.05) is 11.3 Å². The first-order valence-electron chi connectivity index (χ1n) is 28.2. The van der Waals surface area contributed by atoms with Crippen molar-refractivity contribution in [2.75, 3.05) is 4.90 Å². The molecule has 0 amide bonds.